The Hall–Kier alpha value is -1.46. The van der Waals surface area contributed by atoms with E-state index in [4.69, 9.17) is 0 Å². The van der Waals surface area contributed by atoms with Gasteiger partial charge >= 0.3 is 5.91 Å². The van der Waals surface area contributed by atoms with Crippen molar-refractivity contribution in [2.45, 2.75) is 25.3 Å². The van der Waals surface area contributed by atoms with Crippen molar-refractivity contribution in [3.63, 3.8) is 0 Å². The topological polar surface area (TPSA) is 80.5 Å². The van der Waals surface area contributed by atoms with Crippen LogP contribution in [0.2, 0.25) is 0 Å². The second-order valence-corrected chi connectivity index (χ2v) is 2.93. The van der Waals surface area contributed by atoms with Crippen molar-refractivity contribution >= 4 is 12.3 Å². The Bertz CT molecular complexity index is 241. The van der Waals surface area contributed by atoms with Gasteiger partial charge < -0.3 is 0 Å². The summed E-state index contributed by atoms with van der Waals surface area (Å²) in [5.74, 6) is -0.683. The van der Waals surface area contributed by atoms with E-state index in [1.54, 1.807) is 0 Å². The Morgan fingerprint density at radius 1 is 1.54 bits per heavy atom. The van der Waals surface area contributed by atoms with Crippen molar-refractivity contribution in [2.75, 3.05) is 6.54 Å². The summed E-state index contributed by atoms with van der Waals surface area (Å²) >= 11 is 0. The normalized spacial score (nSPS) is 23.8. The van der Waals surface area contributed by atoms with Crippen molar-refractivity contribution in [3.8, 4) is 0 Å². The Morgan fingerprint density at radius 2 is 2.23 bits per heavy atom. The predicted molar refractivity (Wildman–Crippen MR) is 42.4 cm³/mol. The van der Waals surface area contributed by atoms with E-state index in [1.807, 2.05) is 0 Å². The van der Waals surface area contributed by atoms with Crippen LogP contribution in [0.15, 0.2) is 0 Å². The average Bonchev–Trinajstić information content (AvgIpc) is 2.26. The second-order valence-electron chi connectivity index (χ2n) is 2.93. The number of likely N-dealkylation sites (tertiary alicyclic amines) is 1. The lowest BCUT2D eigenvalue weighted by Gasteiger charge is -2.12. The van der Waals surface area contributed by atoms with E-state index < -0.39 is 16.9 Å². The zero-order chi connectivity index (χ0) is 9.84. The zero-order valence-electron chi connectivity index (χ0n) is 7.01. The monoisotopic (exact) mass is 186 g/mol. The molecule has 1 saturated heterocycles. The summed E-state index contributed by atoms with van der Waals surface area (Å²) in [7, 11) is 0. The third-order valence-electron chi connectivity index (χ3n) is 2.08. The Kier molecular flexibility index (Phi) is 2.94. The molecule has 1 rings (SSSR count). The maximum atomic E-state index is 11.3. The maximum absolute atomic E-state index is 11.3. The molecule has 0 aliphatic carbocycles. The third kappa shape index (κ3) is 2.01. The van der Waals surface area contributed by atoms with Gasteiger partial charge in [-0.05, 0) is 12.8 Å². The van der Waals surface area contributed by atoms with E-state index in [9.17, 15) is 19.7 Å². The molecule has 1 atom stereocenters. The molecule has 1 heterocycles. The van der Waals surface area contributed by atoms with Gasteiger partial charge in [0.1, 0.15) is 0 Å². The molecular weight excluding hydrogens is 176 g/mol. The van der Waals surface area contributed by atoms with Crippen LogP contribution in [0.5, 0.6) is 0 Å². The van der Waals surface area contributed by atoms with Crippen LogP contribution < -0.4 is 0 Å². The van der Waals surface area contributed by atoms with Crippen LogP contribution in [0.1, 0.15) is 19.3 Å². The second kappa shape index (κ2) is 3.97. The molecule has 0 aromatic heterocycles. The molecule has 1 aliphatic rings. The van der Waals surface area contributed by atoms with E-state index in [0.29, 0.717) is 25.8 Å². The number of amides is 2. The highest BCUT2D eigenvalue weighted by atomic mass is 16.6. The summed E-state index contributed by atoms with van der Waals surface area (Å²) in [6.07, 6.45) is 1.86. The van der Waals surface area contributed by atoms with Gasteiger partial charge in [0.2, 0.25) is 6.41 Å². The maximum Gasteiger partial charge on any atom is 0.303 e. The molecule has 0 bridgehead atoms. The van der Waals surface area contributed by atoms with Gasteiger partial charge in [-0.1, -0.05) is 0 Å². The number of imide groups is 1. The predicted octanol–water partition coefficient (Wildman–Crippen LogP) is -0.199. The van der Waals surface area contributed by atoms with Crippen LogP contribution >= 0.6 is 0 Å². The zero-order valence-corrected chi connectivity index (χ0v) is 7.01. The first kappa shape index (κ1) is 9.63. The highest BCUT2D eigenvalue weighted by Crippen LogP contribution is 2.12. The van der Waals surface area contributed by atoms with Gasteiger partial charge in [0.05, 0.1) is 0 Å². The molecule has 6 nitrogen and oxygen atoms in total. The van der Waals surface area contributed by atoms with Gasteiger partial charge in [0.15, 0.2) is 0 Å². The van der Waals surface area contributed by atoms with Crippen molar-refractivity contribution in [1.82, 2.24) is 4.90 Å². The van der Waals surface area contributed by atoms with Gasteiger partial charge in [0.25, 0.3) is 6.04 Å². The average molecular weight is 186 g/mol. The lowest BCUT2D eigenvalue weighted by Crippen LogP contribution is -2.40. The first-order chi connectivity index (χ1) is 6.16. The summed E-state index contributed by atoms with van der Waals surface area (Å²) in [5.41, 5.74) is 0. The molecule has 1 unspecified atom stereocenters. The van der Waals surface area contributed by atoms with Crippen LogP contribution in [0, 0.1) is 10.1 Å². The minimum absolute atomic E-state index is 0.232. The summed E-state index contributed by atoms with van der Waals surface area (Å²) < 4.78 is 0. The van der Waals surface area contributed by atoms with Crippen molar-refractivity contribution in [3.05, 3.63) is 10.1 Å². The molecule has 72 valence electrons. The number of nitro groups is 1. The minimum atomic E-state index is -1.23. The summed E-state index contributed by atoms with van der Waals surface area (Å²) in [5, 5.41) is 10.4. The summed E-state index contributed by atoms with van der Waals surface area (Å²) in [4.78, 5) is 32.3. The van der Waals surface area contributed by atoms with Crippen molar-refractivity contribution in [2.24, 2.45) is 0 Å². The number of hydrogen-bond donors (Lipinski definition) is 0. The number of rotatable bonds is 2. The van der Waals surface area contributed by atoms with Gasteiger partial charge in [-0.2, -0.15) is 0 Å². The van der Waals surface area contributed by atoms with E-state index >= 15 is 0 Å². The Labute approximate surface area is 74.7 Å². The highest BCUT2D eigenvalue weighted by Gasteiger charge is 2.35. The SMILES string of the molecule is O=CN1CCCCC([N+](=O)[O-])C1=O. The molecule has 0 N–H and O–H groups in total. The molecule has 0 spiro atoms. The number of carbonyl (C=O) groups is 2. The standard InChI is InChI=1S/C7H10N2O4/c10-5-8-4-2-1-3-6(7(8)11)9(12)13/h5-6H,1-4H2. The number of carbonyl (C=O) groups excluding carboxylic acids is 2. The molecule has 1 aliphatic heterocycles. The lowest BCUT2D eigenvalue weighted by molar-refractivity contribution is -0.509. The third-order valence-corrected chi connectivity index (χ3v) is 2.08. The molecule has 0 radical (unpaired) electrons. The van der Waals surface area contributed by atoms with E-state index in [-0.39, 0.29) is 6.42 Å². The highest BCUT2D eigenvalue weighted by molar-refractivity contribution is 5.89. The van der Waals surface area contributed by atoms with Crippen molar-refractivity contribution in [1.29, 1.82) is 0 Å². The van der Waals surface area contributed by atoms with Crippen LogP contribution in [-0.4, -0.2) is 34.7 Å². The molecule has 2 amide bonds. The van der Waals surface area contributed by atoms with Gasteiger partial charge in [-0.3, -0.25) is 24.6 Å². The molecular formula is C7H10N2O4. The lowest BCUT2D eigenvalue weighted by atomic mass is 10.1. The molecule has 0 aromatic carbocycles. The van der Waals surface area contributed by atoms with Crippen LogP contribution in [0.25, 0.3) is 0 Å². The summed E-state index contributed by atoms with van der Waals surface area (Å²) in [6.45, 7) is 0.298. The van der Waals surface area contributed by atoms with Gasteiger partial charge in [-0.15, -0.1) is 0 Å². The molecule has 6 heteroatoms. The minimum Gasteiger partial charge on any atom is -0.279 e. The van der Waals surface area contributed by atoms with Crippen LogP contribution in [-0.2, 0) is 9.59 Å². The summed E-state index contributed by atoms with van der Waals surface area (Å²) in [6, 6.07) is -1.23. The number of nitrogens with zero attached hydrogens (tertiary/aromatic N) is 2. The fraction of sp³-hybridized carbons (Fsp3) is 0.714. The van der Waals surface area contributed by atoms with Crippen molar-refractivity contribution < 1.29 is 14.5 Å². The molecule has 0 saturated carbocycles. The smallest absolute Gasteiger partial charge is 0.279 e. The van der Waals surface area contributed by atoms with E-state index in [0.717, 1.165) is 4.90 Å². The fourth-order valence-corrected chi connectivity index (χ4v) is 1.35. The largest absolute Gasteiger partial charge is 0.303 e. The van der Waals surface area contributed by atoms with Gasteiger partial charge in [0, 0.05) is 17.9 Å². The van der Waals surface area contributed by atoms with Gasteiger partial charge in [-0.25, -0.2) is 0 Å². The quantitative estimate of drug-likeness (QED) is 0.340. The molecule has 13 heavy (non-hydrogen) atoms. The van der Waals surface area contributed by atoms with E-state index in [1.165, 1.54) is 0 Å². The Balaban J connectivity index is 2.78. The number of hydrogen-bond acceptors (Lipinski definition) is 4. The first-order valence-electron chi connectivity index (χ1n) is 4.06. The fourth-order valence-electron chi connectivity index (χ4n) is 1.35. The first-order valence-corrected chi connectivity index (χ1v) is 4.06. The van der Waals surface area contributed by atoms with Crippen LogP contribution in [0.3, 0.4) is 0 Å². The van der Waals surface area contributed by atoms with Crippen LogP contribution in [0.4, 0.5) is 0 Å². The van der Waals surface area contributed by atoms with E-state index in [2.05, 4.69) is 0 Å². The molecule has 0 aromatic rings. The Morgan fingerprint density at radius 3 is 2.77 bits per heavy atom. The molecule has 1 fully saturated rings.